The maximum Gasteiger partial charge on any atom is 0.227 e. The number of nitrogens with one attached hydrogen (secondary N) is 2. The fraction of sp³-hybridized carbons (Fsp3) is 0.333. The number of carbonyl (C=O) groups excluding carboxylic acids is 1. The number of amides is 1. The number of hydrogen-bond donors (Lipinski definition) is 2. The summed E-state index contributed by atoms with van der Waals surface area (Å²) in [5.41, 5.74) is 1.78. The van der Waals surface area contributed by atoms with Gasteiger partial charge in [0.1, 0.15) is 5.82 Å². The van der Waals surface area contributed by atoms with Gasteiger partial charge in [-0.2, -0.15) is 0 Å². The van der Waals surface area contributed by atoms with Crippen molar-refractivity contribution in [2.45, 2.75) is 26.7 Å². The lowest BCUT2D eigenvalue weighted by molar-refractivity contribution is -0.120. The van der Waals surface area contributed by atoms with E-state index in [4.69, 9.17) is 0 Å². The highest BCUT2D eigenvalue weighted by Crippen LogP contribution is 2.20. The molecule has 4 heteroatoms. The molecule has 1 aromatic heterocycles. The number of H-pyrrole nitrogens is 1. The monoisotopic (exact) mass is 257 g/mol. The topological polar surface area (TPSA) is 57.8 Å². The van der Waals surface area contributed by atoms with Crippen molar-refractivity contribution in [1.82, 2.24) is 9.97 Å². The Bertz CT molecular complexity index is 530. The Morgan fingerprint density at radius 2 is 2.16 bits per heavy atom. The SMILES string of the molecule is CCC(CC)C(=O)Nc1cccc(-c2ncc[nH]2)c1. The average molecular weight is 257 g/mol. The fourth-order valence-electron chi connectivity index (χ4n) is 2.07. The van der Waals surface area contributed by atoms with E-state index in [1.54, 1.807) is 12.4 Å². The molecule has 100 valence electrons. The van der Waals surface area contributed by atoms with Crippen LogP contribution in [0.5, 0.6) is 0 Å². The Balaban J connectivity index is 2.14. The first kappa shape index (κ1) is 13.3. The van der Waals surface area contributed by atoms with Crippen LogP contribution < -0.4 is 5.32 Å². The first-order valence-corrected chi connectivity index (χ1v) is 6.65. The van der Waals surface area contributed by atoms with Gasteiger partial charge in [-0.3, -0.25) is 4.79 Å². The third-order valence-corrected chi connectivity index (χ3v) is 3.26. The van der Waals surface area contributed by atoms with Crippen LogP contribution in [0.15, 0.2) is 36.7 Å². The largest absolute Gasteiger partial charge is 0.345 e. The summed E-state index contributed by atoms with van der Waals surface area (Å²) in [6, 6.07) is 7.71. The van der Waals surface area contributed by atoms with Crippen molar-refractivity contribution in [2.75, 3.05) is 5.32 Å². The third-order valence-electron chi connectivity index (χ3n) is 3.26. The van der Waals surface area contributed by atoms with E-state index in [2.05, 4.69) is 15.3 Å². The van der Waals surface area contributed by atoms with E-state index in [9.17, 15) is 4.79 Å². The predicted molar refractivity (Wildman–Crippen MR) is 76.7 cm³/mol. The lowest BCUT2D eigenvalue weighted by atomic mass is 10.0. The molecule has 0 aliphatic heterocycles. The minimum absolute atomic E-state index is 0.0762. The highest BCUT2D eigenvalue weighted by Gasteiger charge is 2.14. The number of aromatic amines is 1. The van der Waals surface area contributed by atoms with Gasteiger partial charge < -0.3 is 10.3 Å². The predicted octanol–water partition coefficient (Wildman–Crippen LogP) is 3.45. The number of anilines is 1. The molecule has 0 spiro atoms. The quantitative estimate of drug-likeness (QED) is 0.861. The van der Waals surface area contributed by atoms with Crippen LogP contribution in [0.3, 0.4) is 0 Å². The van der Waals surface area contributed by atoms with Gasteiger partial charge in [0.05, 0.1) is 0 Å². The molecular formula is C15H19N3O. The second kappa shape index (κ2) is 6.18. The fourth-order valence-corrected chi connectivity index (χ4v) is 2.07. The summed E-state index contributed by atoms with van der Waals surface area (Å²) < 4.78 is 0. The van der Waals surface area contributed by atoms with E-state index in [0.717, 1.165) is 29.9 Å². The maximum absolute atomic E-state index is 12.0. The number of imidazole rings is 1. The van der Waals surface area contributed by atoms with Crippen molar-refractivity contribution in [2.24, 2.45) is 5.92 Å². The second-order valence-corrected chi connectivity index (χ2v) is 4.52. The van der Waals surface area contributed by atoms with Crippen molar-refractivity contribution in [1.29, 1.82) is 0 Å². The lowest BCUT2D eigenvalue weighted by Crippen LogP contribution is -2.21. The Morgan fingerprint density at radius 3 is 2.79 bits per heavy atom. The first-order valence-electron chi connectivity index (χ1n) is 6.65. The van der Waals surface area contributed by atoms with E-state index >= 15 is 0 Å². The van der Waals surface area contributed by atoms with Gasteiger partial charge in [0, 0.05) is 29.6 Å². The zero-order chi connectivity index (χ0) is 13.7. The van der Waals surface area contributed by atoms with Crippen molar-refractivity contribution >= 4 is 11.6 Å². The molecule has 2 rings (SSSR count). The van der Waals surface area contributed by atoms with Gasteiger partial charge in [-0.25, -0.2) is 4.98 Å². The summed E-state index contributed by atoms with van der Waals surface area (Å²) in [5.74, 6) is 0.965. The van der Waals surface area contributed by atoms with Gasteiger partial charge in [0.25, 0.3) is 0 Å². The van der Waals surface area contributed by atoms with E-state index in [1.165, 1.54) is 0 Å². The molecule has 0 aliphatic carbocycles. The summed E-state index contributed by atoms with van der Waals surface area (Å²) in [6.07, 6.45) is 5.22. The van der Waals surface area contributed by atoms with E-state index in [1.807, 2.05) is 38.1 Å². The smallest absolute Gasteiger partial charge is 0.227 e. The molecule has 1 heterocycles. The van der Waals surface area contributed by atoms with Crippen LogP contribution in [0.2, 0.25) is 0 Å². The van der Waals surface area contributed by atoms with Gasteiger partial charge in [0.15, 0.2) is 0 Å². The molecule has 0 saturated carbocycles. The van der Waals surface area contributed by atoms with E-state index in [-0.39, 0.29) is 11.8 Å². The number of aromatic nitrogens is 2. The van der Waals surface area contributed by atoms with Crippen LogP contribution in [0, 0.1) is 5.92 Å². The number of rotatable bonds is 5. The van der Waals surface area contributed by atoms with Gasteiger partial charge in [-0.15, -0.1) is 0 Å². The number of hydrogen-bond acceptors (Lipinski definition) is 2. The Morgan fingerprint density at radius 1 is 1.37 bits per heavy atom. The van der Waals surface area contributed by atoms with Crippen LogP contribution in [-0.4, -0.2) is 15.9 Å². The molecular weight excluding hydrogens is 238 g/mol. The summed E-state index contributed by atoms with van der Waals surface area (Å²) in [6.45, 7) is 4.07. The molecule has 0 saturated heterocycles. The minimum atomic E-state index is 0.0762. The standard InChI is InChI=1S/C15H19N3O/c1-3-11(4-2)15(19)18-13-7-5-6-12(10-13)14-16-8-9-17-14/h5-11H,3-4H2,1-2H3,(H,16,17)(H,18,19). The molecule has 0 radical (unpaired) electrons. The van der Waals surface area contributed by atoms with E-state index in [0.29, 0.717) is 0 Å². The summed E-state index contributed by atoms with van der Waals surface area (Å²) >= 11 is 0. The van der Waals surface area contributed by atoms with Gasteiger partial charge in [0.2, 0.25) is 5.91 Å². The van der Waals surface area contributed by atoms with Crippen molar-refractivity contribution in [3.8, 4) is 11.4 Å². The van der Waals surface area contributed by atoms with Crippen LogP contribution in [-0.2, 0) is 4.79 Å². The maximum atomic E-state index is 12.0. The summed E-state index contributed by atoms with van der Waals surface area (Å²) in [7, 11) is 0. The van der Waals surface area contributed by atoms with Gasteiger partial charge >= 0.3 is 0 Å². The molecule has 1 amide bonds. The molecule has 0 fully saturated rings. The molecule has 19 heavy (non-hydrogen) atoms. The van der Waals surface area contributed by atoms with Crippen molar-refractivity contribution in [3.63, 3.8) is 0 Å². The number of carbonyl (C=O) groups is 1. The summed E-state index contributed by atoms with van der Waals surface area (Å²) in [4.78, 5) is 19.3. The molecule has 2 N–H and O–H groups in total. The Kier molecular flexibility index (Phi) is 4.34. The lowest BCUT2D eigenvalue weighted by Gasteiger charge is -2.13. The van der Waals surface area contributed by atoms with Gasteiger partial charge in [-0.05, 0) is 25.0 Å². The highest BCUT2D eigenvalue weighted by atomic mass is 16.1. The van der Waals surface area contributed by atoms with Crippen molar-refractivity contribution < 1.29 is 4.79 Å². The van der Waals surface area contributed by atoms with Crippen molar-refractivity contribution in [3.05, 3.63) is 36.7 Å². The molecule has 0 bridgehead atoms. The Hall–Kier alpha value is -2.10. The summed E-state index contributed by atoms with van der Waals surface area (Å²) in [5, 5.41) is 2.97. The normalized spacial score (nSPS) is 10.7. The average Bonchev–Trinajstić information content (AvgIpc) is 2.94. The molecule has 0 unspecified atom stereocenters. The minimum Gasteiger partial charge on any atom is -0.345 e. The molecule has 1 aromatic carbocycles. The molecule has 0 aliphatic rings. The molecule has 2 aromatic rings. The highest BCUT2D eigenvalue weighted by molar-refractivity contribution is 5.93. The van der Waals surface area contributed by atoms with Crippen LogP contribution in [0.1, 0.15) is 26.7 Å². The Labute approximate surface area is 113 Å². The van der Waals surface area contributed by atoms with Crippen LogP contribution in [0.4, 0.5) is 5.69 Å². The number of benzene rings is 1. The molecule has 4 nitrogen and oxygen atoms in total. The zero-order valence-electron chi connectivity index (χ0n) is 11.3. The third kappa shape index (κ3) is 3.22. The number of nitrogens with zero attached hydrogens (tertiary/aromatic N) is 1. The molecule has 0 atom stereocenters. The second-order valence-electron chi connectivity index (χ2n) is 4.52. The zero-order valence-corrected chi connectivity index (χ0v) is 11.3. The van der Waals surface area contributed by atoms with Crippen LogP contribution >= 0.6 is 0 Å². The van der Waals surface area contributed by atoms with Crippen LogP contribution in [0.25, 0.3) is 11.4 Å². The first-order chi connectivity index (χ1) is 9.24. The van der Waals surface area contributed by atoms with Gasteiger partial charge in [-0.1, -0.05) is 26.0 Å². The van der Waals surface area contributed by atoms with E-state index < -0.39 is 0 Å².